The fraction of sp³-hybridized carbons (Fsp3) is 0.647. The molecule has 1 aromatic rings. The summed E-state index contributed by atoms with van der Waals surface area (Å²) >= 11 is 0. The molecule has 0 bridgehead atoms. The minimum atomic E-state index is 0.630. The molecule has 19 heavy (non-hydrogen) atoms. The molecule has 0 aliphatic heterocycles. The fourth-order valence-corrected chi connectivity index (χ4v) is 2.41. The maximum Gasteiger partial charge on any atom is 0.00227 e. The number of rotatable bonds is 10. The molecule has 0 radical (unpaired) electrons. The normalized spacial score (nSPS) is 14.3. The molecule has 2 N–H and O–H groups in total. The van der Waals surface area contributed by atoms with Crippen LogP contribution in [0, 0.1) is 5.92 Å². The molecule has 108 valence electrons. The van der Waals surface area contributed by atoms with Crippen LogP contribution in [0.4, 0.5) is 0 Å². The largest absolute Gasteiger partial charge is 0.317 e. The lowest BCUT2D eigenvalue weighted by molar-refractivity contribution is 0.418. The van der Waals surface area contributed by atoms with Crippen LogP contribution in [0.1, 0.15) is 45.1 Å². The Morgan fingerprint density at radius 2 is 1.68 bits per heavy atom. The van der Waals surface area contributed by atoms with E-state index in [0.29, 0.717) is 5.92 Å². The van der Waals surface area contributed by atoms with Gasteiger partial charge in [-0.25, -0.2) is 0 Å². The van der Waals surface area contributed by atoms with E-state index in [2.05, 4.69) is 61.7 Å². The van der Waals surface area contributed by atoms with Crippen LogP contribution in [-0.2, 0) is 0 Å². The summed E-state index contributed by atoms with van der Waals surface area (Å²) < 4.78 is 0. The van der Waals surface area contributed by atoms with Gasteiger partial charge in [-0.3, -0.25) is 0 Å². The molecular formula is C17H30N2. The Kier molecular flexibility index (Phi) is 8.52. The zero-order valence-corrected chi connectivity index (χ0v) is 12.8. The Morgan fingerprint density at radius 1 is 1.00 bits per heavy atom. The summed E-state index contributed by atoms with van der Waals surface area (Å²) in [5.41, 5.74) is 1.47. The smallest absolute Gasteiger partial charge is 0.00227 e. The molecule has 0 saturated heterocycles. The second-order valence-electron chi connectivity index (χ2n) is 5.31. The van der Waals surface area contributed by atoms with Gasteiger partial charge in [0, 0.05) is 6.54 Å². The molecule has 0 aliphatic carbocycles. The van der Waals surface area contributed by atoms with Crippen molar-refractivity contribution in [3.63, 3.8) is 0 Å². The molecule has 2 atom stereocenters. The van der Waals surface area contributed by atoms with E-state index in [0.717, 1.165) is 32.1 Å². The van der Waals surface area contributed by atoms with E-state index in [1.807, 2.05) is 0 Å². The Labute approximate surface area is 119 Å². The lowest BCUT2D eigenvalue weighted by Gasteiger charge is -2.24. The molecule has 2 nitrogen and oxygen atoms in total. The van der Waals surface area contributed by atoms with Crippen LogP contribution in [0.3, 0.4) is 0 Å². The Bertz CT molecular complexity index is 310. The second-order valence-corrected chi connectivity index (χ2v) is 5.31. The summed E-state index contributed by atoms with van der Waals surface area (Å²) in [5.74, 6) is 1.36. The van der Waals surface area contributed by atoms with Gasteiger partial charge in [-0.1, -0.05) is 57.5 Å². The van der Waals surface area contributed by atoms with Crippen LogP contribution >= 0.6 is 0 Å². The highest BCUT2D eigenvalue weighted by atomic mass is 14.9. The molecule has 1 aromatic carbocycles. The minimum Gasteiger partial charge on any atom is -0.317 e. The molecule has 1 rings (SSSR count). The molecule has 0 spiro atoms. The van der Waals surface area contributed by atoms with Crippen LogP contribution in [0.25, 0.3) is 0 Å². The van der Waals surface area contributed by atoms with E-state index >= 15 is 0 Å². The molecule has 2 heteroatoms. The molecule has 0 fully saturated rings. The van der Waals surface area contributed by atoms with E-state index in [4.69, 9.17) is 0 Å². The zero-order valence-electron chi connectivity index (χ0n) is 12.8. The van der Waals surface area contributed by atoms with Gasteiger partial charge in [0.25, 0.3) is 0 Å². The van der Waals surface area contributed by atoms with Crippen molar-refractivity contribution in [2.45, 2.75) is 39.5 Å². The first-order valence-electron chi connectivity index (χ1n) is 7.75. The van der Waals surface area contributed by atoms with Gasteiger partial charge in [-0.05, 0) is 43.5 Å². The molecule has 0 heterocycles. The van der Waals surface area contributed by atoms with Crippen LogP contribution < -0.4 is 10.6 Å². The standard InChI is InChI=1S/C17H30N2/c1-4-15(3)17(16-10-7-6-8-11-16)14-19-13-9-12-18-5-2/h6-8,10-11,15,17-19H,4-5,9,12-14H2,1-3H3. The Hall–Kier alpha value is -0.860. The third-order valence-electron chi connectivity index (χ3n) is 3.88. The number of hydrogen-bond acceptors (Lipinski definition) is 2. The SMILES string of the molecule is CCNCCCNCC(c1ccccc1)C(C)CC. The predicted octanol–water partition coefficient (Wildman–Crippen LogP) is 3.41. The van der Waals surface area contributed by atoms with Gasteiger partial charge in [-0.2, -0.15) is 0 Å². The van der Waals surface area contributed by atoms with Crippen molar-refractivity contribution in [3.8, 4) is 0 Å². The van der Waals surface area contributed by atoms with Crippen LogP contribution in [0.15, 0.2) is 30.3 Å². The van der Waals surface area contributed by atoms with E-state index in [1.54, 1.807) is 0 Å². The van der Waals surface area contributed by atoms with E-state index in [1.165, 1.54) is 18.4 Å². The monoisotopic (exact) mass is 262 g/mol. The maximum atomic E-state index is 3.62. The molecule has 0 amide bonds. The molecule has 0 aliphatic rings. The van der Waals surface area contributed by atoms with Crippen molar-refractivity contribution >= 4 is 0 Å². The second kappa shape index (κ2) is 9.99. The number of nitrogens with one attached hydrogen (secondary N) is 2. The first-order chi connectivity index (χ1) is 9.29. The summed E-state index contributed by atoms with van der Waals surface area (Å²) in [6.45, 7) is 11.2. The van der Waals surface area contributed by atoms with Crippen molar-refractivity contribution in [2.75, 3.05) is 26.2 Å². The predicted molar refractivity (Wildman–Crippen MR) is 84.7 cm³/mol. The van der Waals surface area contributed by atoms with Crippen molar-refractivity contribution < 1.29 is 0 Å². The molecule has 0 saturated carbocycles. The number of hydrogen-bond donors (Lipinski definition) is 2. The average molecular weight is 262 g/mol. The quantitative estimate of drug-likeness (QED) is 0.631. The molecule has 2 unspecified atom stereocenters. The Morgan fingerprint density at radius 3 is 2.32 bits per heavy atom. The topological polar surface area (TPSA) is 24.1 Å². The Balaban J connectivity index is 2.39. The highest BCUT2D eigenvalue weighted by Gasteiger charge is 2.17. The third kappa shape index (κ3) is 6.22. The summed E-state index contributed by atoms with van der Waals surface area (Å²) in [5, 5.41) is 6.98. The fourth-order valence-electron chi connectivity index (χ4n) is 2.41. The van der Waals surface area contributed by atoms with Gasteiger partial charge < -0.3 is 10.6 Å². The van der Waals surface area contributed by atoms with Crippen LogP contribution in [-0.4, -0.2) is 26.2 Å². The van der Waals surface area contributed by atoms with Gasteiger partial charge in [0.2, 0.25) is 0 Å². The van der Waals surface area contributed by atoms with Gasteiger partial charge in [0.15, 0.2) is 0 Å². The van der Waals surface area contributed by atoms with Crippen molar-refractivity contribution in [1.82, 2.24) is 10.6 Å². The summed E-state index contributed by atoms with van der Waals surface area (Å²) in [6.07, 6.45) is 2.44. The number of benzene rings is 1. The third-order valence-corrected chi connectivity index (χ3v) is 3.88. The van der Waals surface area contributed by atoms with Crippen molar-refractivity contribution in [3.05, 3.63) is 35.9 Å². The molecular weight excluding hydrogens is 232 g/mol. The summed E-state index contributed by atoms with van der Waals surface area (Å²) in [7, 11) is 0. The van der Waals surface area contributed by atoms with Gasteiger partial charge in [0.1, 0.15) is 0 Å². The van der Waals surface area contributed by atoms with E-state index in [-0.39, 0.29) is 0 Å². The van der Waals surface area contributed by atoms with Crippen molar-refractivity contribution in [2.24, 2.45) is 5.92 Å². The summed E-state index contributed by atoms with van der Waals surface area (Å²) in [6, 6.07) is 10.9. The van der Waals surface area contributed by atoms with Gasteiger partial charge in [0.05, 0.1) is 0 Å². The first kappa shape index (κ1) is 16.2. The minimum absolute atomic E-state index is 0.630. The van der Waals surface area contributed by atoms with E-state index in [9.17, 15) is 0 Å². The van der Waals surface area contributed by atoms with Gasteiger partial charge in [-0.15, -0.1) is 0 Å². The highest BCUT2D eigenvalue weighted by Crippen LogP contribution is 2.25. The average Bonchev–Trinajstić information content (AvgIpc) is 2.47. The van der Waals surface area contributed by atoms with Gasteiger partial charge >= 0.3 is 0 Å². The first-order valence-corrected chi connectivity index (χ1v) is 7.75. The highest BCUT2D eigenvalue weighted by molar-refractivity contribution is 5.20. The van der Waals surface area contributed by atoms with Crippen molar-refractivity contribution in [1.29, 1.82) is 0 Å². The summed E-state index contributed by atoms with van der Waals surface area (Å²) in [4.78, 5) is 0. The zero-order chi connectivity index (χ0) is 13.9. The van der Waals surface area contributed by atoms with Crippen LogP contribution in [0.2, 0.25) is 0 Å². The molecule has 0 aromatic heterocycles. The van der Waals surface area contributed by atoms with E-state index < -0.39 is 0 Å². The maximum absolute atomic E-state index is 3.62. The van der Waals surface area contributed by atoms with Crippen LogP contribution in [0.5, 0.6) is 0 Å². The lowest BCUT2D eigenvalue weighted by Crippen LogP contribution is -2.28. The lowest BCUT2D eigenvalue weighted by atomic mass is 9.85.